The molecule has 1 aromatic rings. The molecule has 0 spiro atoms. The van der Waals surface area contributed by atoms with E-state index in [-0.39, 0.29) is 6.10 Å². The van der Waals surface area contributed by atoms with Crippen LogP contribution in [0.2, 0.25) is 5.15 Å². The van der Waals surface area contributed by atoms with Crippen molar-refractivity contribution in [1.29, 1.82) is 0 Å². The van der Waals surface area contributed by atoms with Crippen LogP contribution in [0.4, 0.5) is 0 Å². The monoisotopic (exact) mass is 199 g/mol. The highest BCUT2D eigenvalue weighted by atomic mass is 35.5. The van der Waals surface area contributed by atoms with Crippen LogP contribution in [-0.2, 0) is 0 Å². The molecule has 0 aliphatic heterocycles. The summed E-state index contributed by atoms with van der Waals surface area (Å²) in [6.07, 6.45) is 1.80. The van der Waals surface area contributed by atoms with Crippen LogP contribution in [0.1, 0.15) is 20.8 Å². The van der Waals surface area contributed by atoms with Crippen molar-refractivity contribution < 1.29 is 4.74 Å². The Labute approximate surface area is 83.9 Å². The highest BCUT2D eigenvalue weighted by Crippen LogP contribution is 2.23. The van der Waals surface area contributed by atoms with E-state index in [1.165, 1.54) is 0 Å². The van der Waals surface area contributed by atoms with Gasteiger partial charge in [-0.25, -0.2) is 4.98 Å². The summed E-state index contributed by atoms with van der Waals surface area (Å²) in [7, 11) is 0. The van der Waals surface area contributed by atoms with E-state index in [0.717, 1.165) is 0 Å². The van der Waals surface area contributed by atoms with Crippen LogP contribution in [-0.4, -0.2) is 11.1 Å². The zero-order valence-electron chi connectivity index (χ0n) is 8.12. The van der Waals surface area contributed by atoms with Crippen molar-refractivity contribution in [3.8, 4) is 5.75 Å². The molecule has 0 saturated carbocycles. The molecule has 13 heavy (non-hydrogen) atoms. The molecular weight excluding hydrogens is 186 g/mol. The number of ether oxygens (including phenoxy) is 1. The number of hydrogen-bond acceptors (Lipinski definition) is 2. The van der Waals surface area contributed by atoms with E-state index in [0.29, 0.717) is 16.8 Å². The Kier molecular flexibility index (Phi) is 3.55. The van der Waals surface area contributed by atoms with Crippen molar-refractivity contribution >= 4 is 11.6 Å². The summed E-state index contributed by atoms with van der Waals surface area (Å²) in [4.78, 5) is 3.93. The number of pyridine rings is 1. The van der Waals surface area contributed by atoms with Gasteiger partial charge in [-0.05, 0) is 25.0 Å². The Hall–Kier alpha value is -0.760. The zero-order valence-corrected chi connectivity index (χ0v) is 8.88. The van der Waals surface area contributed by atoms with Gasteiger partial charge in [-0.3, -0.25) is 0 Å². The molecule has 0 saturated heterocycles. The minimum absolute atomic E-state index is 0.154. The fraction of sp³-hybridized carbons (Fsp3) is 0.500. The van der Waals surface area contributed by atoms with Gasteiger partial charge in [0.1, 0.15) is 0 Å². The molecule has 0 amide bonds. The van der Waals surface area contributed by atoms with E-state index in [2.05, 4.69) is 18.8 Å². The van der Waals surface area contributed by atoms with E-state index in [9.17, 15) is 0 Å². The lowest BCUT2D eigenvalue weighted by Gasteiger charge is -2.18. The number of halogens is 1. The Morgan fingerprint density at radius 1 is 1.38 bits per heavy atom. The molecule has 0 N–H and O–H groups in total. The molecule has 0 bridgehead atoms. The Morgan fingerprint density at radius 3 is 2.62 bits per heavy atom. The van der Waals surface area contributed by atoms with Crippen LogP contribution >= 0.6 is 11.6 Å². The highest BCUT2D eigenvalue weighted by Gasteiger charge is 2.10. The molecular formula is C10H14ClNO. The number of aromatic nitrogens is 1. The topological polar surface area (TPSA) is 22.1 Å². The minimum atomic E-state index is 0.154. The Morgan fingerprint density at radius 2 is 2.08 bits per heavy atom. The van der Waals surface area contributed by atoms with Crippen LogP contribution in [0.15, 0.2) is 18.3 Å². The van der Waals surface area contributed by atoms with Crippen molar-refractivity contribution in [3.05, 3.63) is 23.5 Å². The average Bonchev–Trinajstić information content (AvgIpc) is 2.08. The van der Waals surface area contributed by atoms with Crippen molar-refractivity contribution in [3.63, 3.8) is 0 Å². The molecule has 1 heterocycles. The van der Waals surface area contributed by atoms with Crippen LogP contribution in [0.3, 0.4) is 0 Å². The Bertz CT molecular complexity index is 275. The summed E-state index contributed by atoms with van der Waals surface area (Å²) in [5, 5.41) is 0.426. The van der Waals surface area contributed by atoms with Gasteiger partial charge in [-0.15, -0.1) is 0 Å². The number of rotatable bonds is 3. The first-order chi connectivity index (χ1) is 6.11. The smallest absolute Gasteiger partial charge is 0.171 e. The normalized spacial score (nSPS) is 13.0. The summed E-state index contributed by atoms with van der Waals surface area (Å²) in [6, 6.07) is 3.64. The second-order valence-electron chi connectivity index (χ2n) is 3.36. The van der Waals surface area contributed by atoms with Crippen molar-refractivity contribution in [2.24, 2.45) is 5.92 Å². The fourth-order valence-corrected chi connectivity index (χ4v) is 0.959. The third-order valence-electron chi connectivity index (χ3n) is 1.98. The summed E-state index contributed by atoms with van der Waals surface area (Å²) in [5.74, 6) is 1.13. The van der Waals surface area contributed by atoms with Gasteiger partial charge < -0.3 is 4.74 Å². The molecule has 0 fully saturated rings. The predicted octanol–water partition coefficient (Wildman–Crippen LogP) is 3.16. The molecule has 0 radical (unpaired) electrons. The molecule has 0 aromatic carbocycles. The highest BCUT2D eigenvalue weighted by molar-refractivity contribution is 6.30. The summed E-state index contributed by atoms with van der Waals surface area (Å²) in [6.45, 7) is 6.23. The molecule has 1 unspecified atom stereocenters. The molecule has 72 valence electrons. The van der Waals surface area contributed by atoms with Gasteiger partial charge >= 0.3 is 0 Å². The molecule has 1 atom stereocenters. The van der Waals surface area contributed by atoms with Gasteiger partial charge in [0.2, 0.25) is 0 Å². The Balaban J connectivity index is 2.69. The second-order valence-corrected chi connectivity index (χ2v) is 3.72. The number of nitrogens with zero attached hydrogens (tertiary/aromatic N) is 1. The van der Waals surface area contributed by atoms with Gasteiger partial charge in [0.15, 0.2) is 10.9 Å². The first-order valence-corrected chi connectivity index (χ1v) is 4.76. The SMILES string of the molecule is CC(C)C(C)Oc1cccnc1Cl. The third-order valence-corrected chi connectivity index (χ3v) is 2.26. The predicted molar refractivity (Wildman–Crippen MR) is 54.2 cm³/mol. The summed E-state index contributed by atoms with van der Waals surface area (Å²) < 4.78 is 5.61. The van der Waals surface area contributed by atoms with Crippen LogP contribution in [0.25, 0.3) is 0 Å². The number of hydrogen-bond donors (Lipinski definition) is 0. The largest absolute Gasteiger partial charge is 0.487 e. The first-order valence-electron chi connectivity index (χ1n) is 4.38. The summed E-state index contributed by atoms with van der Waals surface area (Å²) >= 11 is 5.84. The summed E-state index contributed by atoms with van der Waals surface area (Å²) in [5.41, 5.74) is 0. The van der Waals surface area contributed by atoms with Gasteiger partial charge in [0.25, 0.3) is 0 Å². The van der Waals surface area contributed by atoms with Crippen molar-refractivity contribution in [2.45, 2.75) is 26.9 Å². The van der Waals surface area contributed by atoms with E-state index < -0.39 is 0 Å². The average molecular weight is 200 g/mol. The van der Waals surface area contributed by atoms with E-state index in [1.54, 1.807) is 6.20 Å². The third kappa shape index (κ3) is 2.88. The van der Waals surface area contributed by atoms with Gasteiger partial charge in [-0.1, -0.05) is 25.4 Å². The van der Waals surface area contributed by atoms with Crippen molar-refractivity contribution in [1.82, 2.24) is 4.98 Å². The second kappa shape index (κ2) is 4.47. The van der Waals surface area contributed by atoms with E-state index in [4.69, 9.17) is 16.3 Å². The standard InChI is InChI=1S/C10H14ClNO/c1-7(2)8(3)13-9-5-4-6-12-10(9)11/h4-8H,1-3H3. The molecule has 1 aromatic heterocycles. The molecule has 0 aliphatic rings. The first kappa shape index (κ1) is 10.3. The van der Waals surface area contributed by atoms with Crippen LogP contribution < -0.4 is 4.74 Å². The maximum Gasteiger partial charge on any atom is 0.171 e. The molecule has 1 rings (SSSR count). The quantitative estimate of drug-likeness (QED) is 0.698. The van der Waals surface area contributed by atoms with E-state index >= 15 is 0 Å². The van der Waals surface area contributed by atoms with E-state index in [1.807, 2.05) is 19.1 Å². The van der Waals surface area contributed by atoms with Crippen LogP contribution in [0.5, 0.6) is 5.75 Å². The molecule has 0 aliphatic carbocycles. The lowest BCUT2D eigenvalue weighted by Crippen LogP contribution is -2.18. The molecule has 2 nitrogen and oxygen atoms in total. The van der Waals surface area contributed by atoms with Crippen molar-refractivity contribution in [2.75, 3.05) is 0 Å². The maximum absolute atomic E-state index is 5.84. The van der Waals surface area contributed by atoms with Gasteiger partial charge in [0, 0.05) is 6.20 Å². The zero-order chi connectivity index (χ0) is 9.84. The maximum atomic E-state index is 5.84. The lowest BCUT2D eigenvalue weighted by atomic mass is 10.1. The molecule has 3 heteroatoms. The fourth-order valence-electron chi connectivity index (χ4n) is 0.796. The lowest BCUT2D eigenvalue weighted by molar-refractivity contribution is 0.170. The van der Waals surface area contributed by atoms with Crippen LogP contribution in [0, 0.1) is 5.92 Å². The van der Waals surface area contributed by atoms with Gasteiger partial charge in [0.05, 0.1) is 6.10 Å². The van der Waals surface area contributed by atoms with Gasteiger partial charge in [-0.2, -0.15) is 0 Å². The minimum Gasteiger partial charge on any atom is -0.487 e.